The molecule has 3 aromatic rings. The summed E-state index contributed by atoms with van der Waals surface area (Å²) in [5.74, 6) is -0.0597. The van der Waals surface area contributed by atoms with E-state index in [1.807, 2.05) is 74.2 Å². The molecule has 0 radical (unpaired) electrons. The van der Waals surface area contributed by atoms with Crippen molar-refractivity contribution in [2.24, 2.45) is 0 Å². The highest BCUT2D eigenvalue weighted by molar-refractivity contribution is 5.84. The summed E-state index contributed by atoms with van der Waals surface area (Å²) in [4.78, 5) is 30.9. The number of carbonyl (C=O) groups is 2. The van der Waals surface area contributed by atoms with E-state index in [1.54, 1.807) is 12.4 Å². The molecule has 172 valence electrons. The molecule has 2 heterocycles. The Labute approximate surface area is 196 Å². The maximum atomic E-state index is 12.6. The number of rotatable bonds is 6. The monoisotopic (exact) mass is 443 g/mol. The third kappa shape index (κ3) is 6.51. The average Bonchev–Trinajstić information content (AvgIpc) is 2.88. The molecule has 5 heteroatoms. The summed E-state index contributed by atoms with van der Waals surface area (Å²) in [6.45, 7) is 7.32. The van der Waals surface area contributed by atoms with E-state index >= 15 is 0 Å². The number of benzene rings is 2. The van der Waals surface area contributed by atoms with Gasteiger partial charge in [-0.1, -0.05) is 62.4 Å². The molecule has 2 amide bonds. The second-order valence-electron chi connectivity index (χ2n) is 7.98. The first-order chi connectivity index (χ1) is 16.1. The Kier molecular flexibility index (Phi) is 8.76. The van der Waals surface area contributed by atoms with Crippen LogP contribution in [-0.4, -0.2) is 28.2 Å². The Balaban J connectivity index is 0.00000149. The number of nitrogens with zero attached hydrogens (tertiary/aromatic N) is 2. The summed E-state index contributed by atoms with van der Waals surface area (Å²) < 4.78 is 0. The first-order valence-corrected chi connectivity index (χ1v) is 11.7. The molecular weight excluding hydrogens is 410 g/mol. The molecular formula is C28H33N3O2. The standard InChI is InChI=1S/C26H27N3O2.C2H6/c1-19(20-6-8-22(9-7-20)23-12-15-27-16-13-23)28-25(30)10-11-26(31)29-17-14-21-4-2-3-5-24(21)18-29;1-2/h2-9,12-13,15-16,19H,10-11,14,17-18H2,1H3,(H,28,30);1-2H3. The lowest BCUT2D eigenvalue weighted by molar-refractivity contribution is -0.134. The van der Waals surface area contributed by atoms with E-state index in [4.69, 9.17) is 0 Å². The zero-order valence-corrected chi connectivity index (χ0v) is 19.8. The van der Waals surface area contributed by atoms with Crippen molar-refractivity contribution in [2.45, 2.75) is 52.6 Å². The van der Waals surface area contributed by atoms with Crippen LogP contribution in [0.25, 0.3) is 11.1 Å². The highest BCUT2D eigenvalue weighted by Crippen LogP contribution is 2.22. The van der Waals surface area contributed by atoms with Gasteiger partial charge in [0.15, 0.2) is 0 Å². The van der Waals surface area contributed by atoms with Gasteiger partial charge in [0.25, 0.3) is 0 Å². The maximum absolute atomic E-state index is 12.6. The minimum atomic E-state index is -0.115. The van der Waals surface area contributed by atoms with E-state index < -0.39 is 0 Å². The van der Waals surface area contributed by atoms with Crippen LogP contribution in [0.2, 0.25) is 0 Å². The molecule has 1 aliphatic rings. The fraction of sp³-hybridized carbons (Fsp3) is 0.321. The molecule has 1 aliphatic heterocycles. The Morgan fingerprint density at radius 2 is 1.55 bits per heavy atom. The number of nitrogens with one attached hydrogen (secondary N) is 1. The van der Waals surface area contributed by atoms with Crippen LogP contribution < -0.4 is 5.32 Å². The molecule has 33 heavy (non-hydrogen) atoms. The van der Waals surface area contributed by atoms with Gasteiger partial charge < -0.3 is 10.2 Å². The predicted octanol–water partition coefficient (Wildman–Crippen LogP) is 5.32. The van der Waals surface area contributed by atoms with Gasteiger partial charge in [-0.3, -0.25) is 14.6 Å². The summed E-state index contributed by atoms with van der Waals surface area (Å²) in [7, 11) is 0. The number of hydrogen-bond donors (Lipinski definition) is 1. The molecule has 1 atom stereocenters. The average molecular weight is 444 g/mol. The summed E-state index contributed by atoms with van der Waals surface area (Å²) >= 11 is 0. The molecule has 1 N–H and O–H groups in total. The lowest BCUT2D eigenvalue weighted by atomic mass is 9.99. The van der Waals surface area contributed by atoms with Crippen molar-refractivity contribution in [2.75, 3.05) is 6.54 Å². The highest BCUT2D eigenvalue weighted by atomic mass is 16.2. The van der Waals surface area contributed by atoms with Gasteiger partial charge in [-0.25, -0.2) is 0 Å². The number of amides is 2. The summed E-state index contributed by atoms with van der Waals surface area (Å²) in [5, 5.41) is 3.01. The summed E-state index contributed by atoms with van der Waals surface area (Å²) in [6, 6.07) is 20.2. The van der Waals surface area contributed by atoms with Crippen molar-refractivity contribution in [1.29, 1.82) is 0 Å². The van der Waals surface area contributed by atoms with Crippen LogP contribution in [0.15, 0.2) is 73.1 Å². The minimum Gasteiger partial charge on any atom is -0.350 e. The van der Waals surface area contributed by atoms with E-state index in [9.17, 15) is 9.59 Å². The third-order valence-corrected chi connectivity index (χ3v) is 5.85. The second kappa shape index (κ2) is 12.0. The van der Waals surface area contributed by atoms with Crippen LogP contribution in [0.4, 0.5) is 0 Å². The van der Waals surface area contributed by atoms with E-state index in [1.165, 1.54) is 11.1 Å². The van der Waals surface area contributed by atoms with Gasteiger partial charge in [0.05, 0.1) is 6.04 Å². The van der Waals surface area contributed by atoms with Crippen molar-refractivity contribution in [3.05, 3.63) is 89.7 Å². The molecule has 0 fully saturated rings. The first kappa shape index (κ1) is 24.2. The molecule has 4 rings (SSSR count). The molecule has 0 bridgehead atoms. The number of fused-ring (bicyclic) bond motifs is 1. The van der Waals surface area contributed by atoms with Gasteiger partial charge in [0.1, 0.15) is 0 Å². The van der Waals surface area contributed by atoms with Crippen molar-refractivity contribution in [1.82, 2.24) is 15.2 Å². The molecule has 5 nitrogen and oxygen atoms in total. The number of aromatic nitrogens is 1. The van der Waals surface area contributed by atoms with Crippen molar-refractivity contribution in [3.63, 3.8) is 0 Å². The van der Waals surface area contributed by atoms with Gasteiger partial charge in [0, 0.05) is 38.3 Å². The topological polar surface area (TPSA) is 62.3 Å². The largest absolute Gasteiger partial charge is 0.350 e. The number of pyridine rings is 1. The normalized spacial score (nSPS) is 13.2. The molecule has 2 aromatic carbocycles. The minimum absolute atomic E-state index is 0.0407. The van der Waals surface area contributed by atoms with E-state index in [-0.39, 0.29) is 30.7 Å². The summed E-state index contributed by atoms with van der Waals surface area (Å²) in [5.41, 5.74) is 5.77. The zero-order chi connectivity index (χ0) is 23.6. The number of carbonyl (C=O) groups excluding carboxylic acids is 2. The second-order valence-corrected chi connectivity index (χ2v) is 7.98. The molecule has 0 saturated carbocycles. The third-order valence-electron chi connectivity index (χ3n) is 5.85. The fourth-order valence-electron chi connectivity index (χ4n) is 3.99. The Morgan fingerprint density at radius 3 is 2.24 bits per heavy atom. The van der Waals surface area contributed by atoms with E-state index in [0.717, 1.165) is 29.7 Å². The van der Waals surface area contributed by atoms with Gasteiger partial charge in [-0.15, -0.1) is 0 Å². The maximum Gasteiger partial charge on any atom is 0.223 e. The van der Waals surface area contributed by atoms with Crippen molar-refractivity contribution < 1.29 is 9.59 Å². The Hall–Kier alpha value is -3.47. The van der Waals surface area contributed by atoms with Crippen LogP contribution in [0, 0.1) is 0 Å². The SMILES string of the molecule is CC.CC(NC(=O)CCC(=O)N1CCc2ccccc2C1)c1ccc(-c2ccncc2)cc1. The predicted molar refractivity (Wildman–Crippen MR) is 132 cm³/mol. The van der Waals surface area contributed by atoms with Crippen LogP contribution in [0.3, 0.4) is 0 Å². The summed E-state index contributed by atoms with van der Waals surface area (Å²) in [6.07, 6.45) is 4.87. The van der Waals surface area contributed by atoms with E-state index in [2.05, 4.69) is 22.4 Å². The molecule has 0 aliphatic carbocycles. The Bertz CT molecular complexity index is 1050. The van der Waals surface area contributed by atoms with Crippen molar-refractivity contribution in [3.8, 4) is 11.1 Å². The van der Waals surface area contributed by atoms with Crippen molar-refractivity contribution >= 4 is 11.8 Å². The fourth-order valence-corrected chi connectivity index (χ4v) is 3.99. The van der Waals surface area contributed by atoms with Gasteiger partial charge in [-0.05, 0) is 53.3 Å². The van der Waals surface area contributed by atoms with Crippen LogP contribution >= 0.6 is 0 Å². The lowest BCUT2D eigenvalue weighted by Crippen LogP contribution is -2.36. The van der Waals surface area contributed by atoms with Gasteiger partial charge in [-0.2, -0.15) is 0 Å². The Morgan fingerprint density at radius 1 is 0.909 bits per heavy atom. The molecule has 1 unspecified atom stereocenters. The zero-order valence-electron chi connectivity index (χ0n) is 19.8. The van der Waals surface area contributed by atoms with Crippen LogP contribution in [0.5, 0.6) is 0 Å². The smallest absolute Gasteiger partial charge is 0.223 e. The lowest BCUT2D eigenvalue weighted by Gasteiger charge is -2.29. The van der Waals surface area contributed by atoms with Gasteiger partial charge >= 0.3 is 0 Å². The van der Waals surface area contributed by atoms with Gasteiger partial charge in [0.2, 0.25) is 11.8 Å². The molecule has 0 saturated heterocycles. The number of hydrogen-bond acceptors (Lipinski definition) is 3. The van der Waals surface area contributed by atoms with Crippen LogP contribution in [-0.2, 0) is 22.6 Å². The molecule has 1 aromatic heterocycles. The first-order valence-electron chi connectivity index (χ1n) is 11.7. The van der Waals surface area contributed by atoms with E-state index in [0.29, 0.717) is 6.54 Å². The molecule has 0 spiro atoms. The van der Waals surface area contributed by atoms with Crippen LogP contribution in [0.1, 0.15) is 56.3 Å². The highest BCUT2D eigenvalue weighted by Gasteiger charge is 2.21. The quantitative estimate of drug-likeness (QED) is 0.561.